The highest BCUT2D eigenvalue weighted by Gasteiger charge is 2.45. The van der Waals surface area contributed by atoms with Crippen molar-refractivity contribution in [3.8, 4) is 5.75 Å². The number of benzene rings is 4. The Morgan fingerprint density at radius 1 is 0.824 bits per heavy atom. The van der Waals surface area contributed by atoms with Crippen LogP contribution < -0.4 is 10.1 Å². The highest BCUT2D eigenvalue weighted by Crippen LogP contribution is 2.35. The summed E-state index contributed by atoms with van der Waals surface area (Å²) in [6.45, 7) is 2.90. The Hall–Kier alpha value is -5.83. The number of likely N-dealkylation sites (N-methyl/N-ethyl adjacent to an activating group) is 1. The minimum atomic E-state index is -1.02. The van der Waals surface area contributed by atoms with E-state index in [0.29, 0.717) is 37.3 Å². The molecule has 2 aliphatic heterocycles. The van der Waals surface area contributed by atoms with Crippen molar-refractivity contribution in [2.75, 3.05) is 20.2 Å². The molecule has 1 saturated heterocycles. The Kier molecular flexibility index (Phi) is 10.8. The Balaban J connectivity index is 1.03. The largest absolute Gasteiger partial charge is 0.492 e. The number of rotatable bonds is 13. The summed E-state index contributed by atoms with van der Waals surface area (Å²) in [5.41, 5.74) is 7.06. The second-order valence-corrected chi connectivity index (χ2v) is 12.8. The average molecular weight is 684 g/mol. The third-order valence-electron chi connectivity index (χ3n) is 9.50. The van der Waals surface area contributed by atoms with Crippen molar-refractivity contribution in [2.45, 2.75) is 51.5 Å². The second kappa shape index (κ2) is 15.8. The van der Waals surface area contributed by atoms with Gasteiger partial charge in [-0.3, -0.25) is 34.2 Å². The van der Waals surface area contributed by atoms with E-state index in [4.69, 9.17) is 4.74 Å². The second-order valence-electron chi connectivity index (χ2n) is 12.8. The normalized spacial score (nSPS) is 16.0. The van der Waals surface area contributed by atoms with Crippen molar-refractivity contribution in [1.29, 1.82) is 0 Å². The summed E-state index contributed by atoms with van der Waals surface area (Å²) in [4.78, 5) is 66.1. The lowest BCUT2D eigenvalue weighted by atomic mass is 9.88. The van der Waals surface area contributed by atoms with E-state index in [1.807, 2.05) is 24.3 Å². The fraction of sp³-hybridized carbons (Fsp3) is 0.262. The average Bonchev–Trinajstić information content (AvgIpc) is 3.40. The van der Waals surface area contributed by atoms with Gasteiger partial charge in [-0.25, -0.2) is 0 Å². The van der Waals surface area contributed by atoms with Gasteiger partial charge in [-0.1, -0.05) is 91.9 Å². The van der Waals surface area contributed by atoms with E-state index in [-0.39, 0.29) is 36.3 Å². The van der Waals surface area contributed by atoms with E-state index >= 15 is 0 Å². The number of nitrogens with one attached hydrogen (secondary N) is 1. The fourth-order valence-electron chi connectivity index (χ4n) is 6.84. The molecule has 1 unspecified atom stereocenters. The Morgan fingerprint density at radius 2 is 1.49 bits per heavy atom. The molecule has 9 nitrogen and oxygen atoms in total. The van der Waals surface area contributed by atoms with Crippen molar-refractivity contribution in [1.82, 2.24) is 15.1 Å². The molecule has 260 valence electrons. The van der Waals surface area contributed by atoms with Crippen molar-refractivity contribution in [3.05, 3.63) is 137 Å². The highest BCUT2D eigenvalue weighted by molar-refractivity contribution is 6.24. The van der Waals surface area contributed by atoms with Gasteiger partial charge in [0.05, 0.1) is 17.7 Å². The number of fused-ring (bicyclic) bond motifs is 1. The molecule has 0 aliphatic carbocycles. The van der Waals surface area contributed by atoms with Gasteiger partial charge in [-0.15, -0.1) is 0 Å². The summed E-state index contributed by atoms with van der Waals surface area (Å²) in [7, 11) is 1.74. The molecule has 0 spiro atoms. The molecule has 51 heavy (non-hydrogen) atoms. The molecule has 1 atom stereocenters. The van der Waals surface area contributed by atoms with E-state index in [1.54, 1.807) is 30.1 Å². The smallest absolute Gasteiger partial charge is 0.262 e. The summed E-state index contributed by atoms with van der Waals surface area (Å²) in [5.74, 6) is -1.48. The van der Waals surface area contributed by atoms with Crippen LogP contribution in [0.15, 0.2) is 103 Å². The first-order valence-electron chi connectivity index (χ1n) is 17.4. The molecule has 2 heterocycles. The van der Waals surface area contributed by atoms with Gasteiger partial charge in [-0.2, -0.15) is 0 Å². The maximum atomic E-state index is 13.4. The molecule has 4 aromatic carbocycles. The number of ether oxygens (including phenoxy) is 1. The molecular formula is C42H41N3O6. The van der Waals surface area contributed by atoms with Crippen LogP contribution in [0.4, 0.5) is 0 Å². The molecule has 9 heteroatoms. The number of imide groups is 2. The van der Waals surface area contributed by atoms with Crippen LogP contribution >= 0.6 is 0 Å². The molecule has 5 amide bonds. The monoisotopic (exact) mass is 683 g/mol. The van der Waals surface area contributed by atoms with E-state index < -0.39 is 29.7 Å². The Bertz CT molecular complexity index is 1970. The first-order chi connectivity index (χ1) is 24.8. The highest BCUT2D eigenvalue weighted by atomic mass is 16.5. The maximum Gasteiger partial charge on any atom is 0.262 e. The van der Waals surface area contributed by atoms with E-state index in [2.05, 4.69) is 72.9 Å². The zero-order valence-electron chi connectivity index (χ0n) is 28.9. The van der Waals surface area contributed by atoms with Gasteiger partial charge in [0, 0.05) is 19.9 Å². The molecule has 1 fully saturated rings. The topological polar surface area (TPSA) is 113 Å². The van der Waals surface area contributed by atoms with Crippen molar-refractivity contribution < 1.29 is 28.7 Å². The number of piperidine rings is 1. The van der Waals surface area contributed by atoms with E-state index in [1.165, 1.54) is 16.7 Å². The molecule has 6 rings (SSSR count). The maximum absolute atomic E-state index is 13.4. The van der Waals surface area contributed by atoms with E-state index in [0.717, 1.165) is 22.4 Å². The number of amides is 5. The zero-order valence-corrected chi connectivity index (χ0v) is 28.9. The van der Waals surface area contributed by atoms with Crippen LogP contribution in [-0.4, -0.2) is 65.6 Å². The van der Waals surface area contributed by atoms with Gasteiger partial charge < -0.3 is 9.64 Å². The number of nitrogens with zero attached hydrogens (tertiary/aromatic N) is 2. The SMILES string of the molecule is CC/C(=C(\c1ccccc1)c1ccc(OCCN(C)C(=O)CCCc2cccc3c2C(=O)N(C2CCC(=O)NC2=O)C3=O)cc1)c1ccccc1. The minimum absolute atomic E-state index is 0.0558. The van der Waals surface area contributed by atoms with Gasteiger partial charge in [0.15, 0.2) is 0 Å². The zero-order chi connectivity index (χ0) is 35.9. The molecular weight excluding hydrogens is 642 g/mol. The molecule has 2 aliphatic rings. The van der Waals surface area contributed by atoms with Crippen molar-refractivity contribution in [3.63, 3.8) is 0 Å². The van der Waals surface area contributed by atoms with Gasteiger partial charge in [0.2, 0.25) is 17.7 Å². The van der Waals surface area contributed by atoms with Gasteiger partial charge >= 0.3 is 0 Å². The van der Waals surface area contributed by atoms with Crippen LogP contribution in [0, 0.1) is 0 Å². The summed E-state index contributed by atoms with van der Waals surface area (Å²) in [6, 6.07) is 33.0. The molecule has 0 saturated carbocycles. The lowest BCUT2D eigenvalue weighted by molar-refractivity contribution is -0.136. The first kappa shape index (κ1) is 35.0. The van der Waals surface area contributed by atoms with Crippen LogP contribution in [-0.2, 0) is 20.8 Å². The van der Waals surface area contributed by atoms with Crippen molar-refractivity contribution >= 4 is 40.7 Å². The number of allylic oxidation sites excluding steroid dienone is 1. The summed E-state index contributed by atoms with van der Waals surface area (Å²) in [5, 5.41) is 2.22. The van der Waals surface area contributed by atoms with Crippen molar-refractivity contribution in [2.24, 2.45) is 0 Å². The predicted molar refractivity (Wildman–Crippen MR) is 195 cm³/mol. The fourth-order valence-corrected chi connectivity index (χ4v) is 6.84. The predicted octanol–water partition coefficient (Wildman–Crippen LogP) is 6.32. The Morgan fingerprint density at radius 3 is 2.16 bits per heavy atom. The summed E-state index contributed by atoms with van der Waals surface area (Å²) >= 11 is 0. The first-order valence-corrected chi connectivity index (χ1v) is 17.4. The summed E-state index contributed by atoms with van der Waals surface area (Å²) in [6.07, 6.45) is 2.18. The number of carbonyl (C=O) groups excluding carboxylic acids is 5. The van der Waals surface area contributed by atoms with Crippen LogP contribution in [0.25, 0.3) is 11.1 Å². The molecule has 0 radical (unpaired) electrons. The quantitative estimate of drug-likeness (QED) is 0.131. The Labute approximate surface area is 297 Å². The summed E-state index contributed by atoms with van der Waals surface area (Å²) < 4.78 is 6.03. The molecule has 0 aromatic heterocycles. The van der Waals surface area contributed by atoms with E-state index in [9.17, 15) is 24.0 Å². The van der Waals surface area contributed by atoms with Crippen LogP contribution in [0.5, 0.6) is 5.75 Å². The molecule has 4 aromatic rings. The van der Waals surface area contributed by atoms with Gasteiger partial charge in [0.1, 0.15) is 18.4 Å². The lowest BCUT2D eigenvalue weighted by Gasteiger charge is -2.27. The molecule has 1 N–H and O–H groups in total. The van der Waals surface area contributed by atoms with Gasteiger partial charge in [0.25, 0.3) is 11.8 Å². The molecule has 0 bridgehead atoms. The third-order valence-corrected chi connectivity index (χ3v) is 9.50. The number of hydrogen-bond donors (Lipinski definition) is 1. The minimum Gasteiger partial charge on any atom is -0.492 e. The number of carbonyl (C=O) groups is 5. The van der Waals surface area contributed by atoms with Crippen LogP contribution in [0.2, 0.25) is 0 Å². The third kappa shape index (κ3) is 7.67. The lowest BCUT2D eigenvalue weighted by Crippen LogP contribution is -2.54. The standard InChI is InChI=1S/C42H41N3O6/c1-3-33(28-12-6-4-7-13-28)38(29-14-8-5-9-15-29)31-20-22-32(23-21-31)51-27-26-44(2)37(47)19-11-17-30-16-10-18-34-39(30)42(50)45(41(34)49)35-24-25-36(46)43-40(35)48/h4-10,12-16,18,20-23,35H,3,11,17,19,24-27H2,1-2H3,(H,43,46,48)/b38-33-. The van der Waals surface area contributed by atoms with Crippen LogP contribution in [0.3, 0.4) is 0 Å². The number of hydrogen-bond acceptors (Lipinski definition) is 6. The number of aryl methyl sites for hydroxylation is 1. The van der Waals surface area contributed by atoms with Crippen LogP contribution in [0.1, 0.15) is 82.0 Å². The van der Waals surface area contributed by atoms with Gasteiger partial charge in [-0.05, 0) is 77.3 Å².